The van der Waals surface area contributed by atoms with E-state index < -0.39 is 5.60 Å². The molecular weight excluding hydrogens is 803 g/mol. The molecule has 0 radical (unpaired) electrons. The summed E-state index contributed by atoms with van der Waals surface area (Å²) in [6.07, 6.45) is 4.98. The number of fused-ring (bicyclic) bond motifs is 3. The third kappa shape index (κ3) is 9.78. The number of benzene rings is 3. The summed E-state index contributed by atoms with van der Waals surface area (Å²) >= 11 is 0. The van der Waals surface area contributed by atoms with Crippen LogP contribution in [-0.4, -0.2) is 115 Å². The molecule has 0 aliphatic carbocycles. The maximum Gasteiger partial charge on any atom is 0.258 e. The summed E-state index contributed by atoms with van der Waals surface area (Å²) in [6.45, 7) is 10.9. The van der Waals surface area contributed by atoms with Gasteiger partial charge in [-0.2, -0.15) is 0 Å². The molecule has 4 aromatic rings. The van der Waals surface area contributed by atoms with Crippen LogP contribution in [-0.2, 0) is 56.5 Å². The van der Waals surface area contributed by atoms with Gasteiger partial charge in [-0.3, -0.25) is 24.1 Å². The number of hydrogen-bond acceptors (Lipinski definition) is 12. The number of aromatic nitrogens is 1. The van der Waals surface area contributed by atoms with Gasteiger partial charge in [-0.1, -0.05) is 45.9 Å². The number of aryl methyl sites for hydroxylation is 1. The number of aromatic hydroxyl groups is 2. The molecule has 0 bridgehead atoms. The predicted octanol–water partition coefficient (Wildman–Crippen LogP) is 6.04. The highest BCUT2D eigenvalue weighted by Gasteiger charge is 2.37. The van der Waals surface area contributed by atoms with Gasteiger partial charge < -0.3 is 39.5 Å². The molecule has 2 aliphatic heterocycles. The lowest BCUT2D eigenvalue weighted by atomic mass is 9.87. The Morgan fingerprint density at radius 1 is 0.984 bits per heavy atom. The Labute approximate surface area is 369 Å². The van der Waals surface area contributed by atoms with E-state index in [0.717, 1.165) is 74.9 Å². The van der Waals surface area contributed by atoms with E-state index in [1.807, 2.05) is 64.2 Å². The Balaban J connectivity index is 1.25. The van der Waals surface area contributed by atoms with Gasteiger partial charge in [0.15, 0.2) is 6.29 Å². The number of carbonyl (C=O) groups excluding carboxylic acids is 4. The zero-order valence-corrected chi connectivity index (χ0v) is 37.3. The average Bonchev–Trinajstić information content (AvgIpc) is 3.84. The van der Waals surface area contributed by atoms with Crippen molar-refractivity contribution in [1.82, 2.24) is 25.0 Å². The van der Waals surface area contributed by atoms with E-state index in [1.165, 1.54) is 13.2 Å². The molecule has 0 saturated carbocycles. The van der Waals surface area contributed by atoms with Gasteiger partial charge in [0.05, 0.1) is 42.8 Å². The first-order valence-electron chi connectivity index (χ1n) is 21.4. The number of pyridine rings is 1. The first-order chi connectivity index (χ1) is 30.3. The molecule has 6 rings (SSSR count). The van der Waals surface area contributed by atoms with Gasteiger partial charge >= 0.3 is 0 Å². The summed E-state index contributed by atoms with van der Waals surface area (Å²) in [6, 6.07) is 14.7. The van der Waals surface area contributed by atoms with Crippen LogP contribution in [0.5, 0.6) is 17.2 Å². The highest BCUT2D eigenvalue weighted by atomic mass is 16.5. The van der Waals surface area contributed by atoms with Gasteiger partial charge in [0.1, 0.15) is 29.1 Å². The summed E-state index contributed by atoms with van der Waals surface area (Å²) in [5.74, 6) is 0.0631. The third-order valence-electron chi connectivity index (χ3n) is 12.2. The summed E-state index contributed by atoms with van der Waals surface area (Å²) in [5.41, 5.74) is 7.41. The molecule has 1 unspecified atom stereocenters. The molecular formula is C49H59N5O9. The van der Waals surface area contributed by atoms with Crippen molar-refractivity contribution in [3.8, 4) is 17.2 Å². The van der Waals surface area contributed by atoms with Gasteiger partial charge in [0.25, 0.3) is 5.91 Å². The first-order valence-corrected chi connectivity index (χ1v) is 21.4. The van der Waals surface area contributed by atoms with Gasteiger partial charge in [-0.05, 0) is 76.9 Å². The topological polar surface area (TPSA) is 171 Å². The first kappa shape index (κ1) is 46.4. The molecule has 334 valence electrons. The molecule has 14 nitrogen and oxygen atoms in total. The van der Waals surface area contributed by atoms with Crippen molar-refractivity contribution in [2.45, 2.75) is 78.2 Å². The van der Waals surface area contributed by atoms with Gasteiger partial charge in [0.2, 0.25) is 6.41 Å². The van der Waals surface area contributed by atoms with Crippen LogP contribution in [0.4, 0.5) is 0 Å². The van der Waals surface area contributed by atoms with Crippen molar-refractivity contribution in [2.75, 3.05) is 54.1 Å². The predicted molar refractivity (Wildman–Crippen MR) is 240 cm³/mol. The van der Waals surface area contributed by atoms with Crippen LogP contribution < -0.4 is 10.1 Å². The molecule has 63 heavy (non-hydrogen) atoms. The number of carbonyl (C=O) groups is 4. The summed E-state index contributed by atoms with van der Waals surface area (Å²) in [7, 11) is 5.10. The Morgan fingerprint density at radius 2 is 1.76 bits per heavy atom. The lowest BCUT2D eigenvalue weighted by Gasteiger charge is -2.32. The molecule has 3 N–H and O–H groups in total. The average molecular weight is 862 g/mol. The highest BCUT2D eigenvalue weighted by Crippen LogP contribution is 2.40. The maximum absolute atomic E-state index is 13.6. The van der Waals surface area contributed by atoms with Crippen LogP contribution in [0, 0.1) is 0 Å². The molecule has 3 heterocycles. The quantitative estimate of drug-likeness (QED) is 0.0506. The van der Waals surface area contributed by atoms with Crippen molar-refractivity contribution in [3.05, 3.63) is 110 Å². The summed E-state index contributed by atoms with van der Waals surface area (Å²) in [4.78, 5) is 62.0. The molecule has 2 amide bonds. The van der Waals surface area contributed by atoms with E-state index >= 15 is 0 Å². The molecule has 2 aliphatic rings. The molecule has 1 aromatic heterocycles. The van der Waals surface area contributed by atoms with E-state index in [1.54, 1.807) is 18.1 Å². The SMILES string of the molecule is CCc1c2c(nc3ccc(OC)cc13)/C(=C/C(=C(\C=O)COC)C(C=O)(CC)OCCN(CCNC=O)Cc1ccc3c(c1)CN(C(=O)c1cc(C(C)C)c(O)cc1O)C3)N(C)C2. The number of phenols is 2. The minimum atomic E-state index is -1.51. The second kappa shape index (κ2) is 20.4. The van der Waals surface area contributed by atoms with E-state index in [-0.39, 0.29) is 54.1 Å². The lowest BCUT2D eigenvalue weighted by Crippen LogP contribution is -2.41. The zero-order valence-electron chi connectivity index (χ0n) is 37.3. The monoisotopic (exact) mass is 861 g/mol. The summed E-state index contributed by atoms with van der Waals surface area (Å²) < 4.78 is 17.6. The van der Waals surface area contributed by atoms with Crippen LogP contribution in [0.2, 0.25) is 0 Å². The maximum atomic E-state index is 13.6. The fourth-order valence-electron chi connectivity index (χ4n) is 8.70. The van der Waals surface area contributed by atoms with Crippen molar-refractivity contribution in [1.29, 1.82) is 0 Å². The zero-order chi connectivity index (χ0) is 45.4. The highest BCUT2D eigenvalue weighted by molar-refractivity contribution is 5.97. The van der Waals surface area contributed by atoms with Gasteiger partial charge in [-0.15, -0.1) is 0 Å². The number of amides is 2. The Morgan fingerprint density at radius 3 is 2.43 bits per heavy atom. The fraction of sp³-hybridized carbons (Fsp3) is 0.408. The smallest absolute Gasteiger partial charge is 0.258 e. The van der Waals surface area contributed by atoms with Crippen molar-refractivity contribution < 1.29 is 43.6 Å². The van der Waals surface area contributed by atoms with Crippen molar-refractivity contribution >= 4 is 41.5 Å². The molecule has 0 fully saturated rings. The number of hydrogen-bond donors (Lipinski definition) is 3. The number of rotatable bonds is 21. The van der Waals surface area contributed by atoms with Crippen LogP contribution >= 0.6 is 0 Å². The van der Waals surface area contributed by atoms with E-state index in [9.17, 15) is 29.4 Å². The molecule has 3 aromatic carbocycles. The lowest BCUT2D eigenvalue weighted by molar-refractivity contribution is -0.127. The number of phenolic OH excluding ortho intramolecular Hbond substituents is 2. The molecule has 1 atom stereocenters. The van der Waals surface area contributed by atoms with E-state index in [4.69, 9.17) is 19.2 Å². The molecule has 0 spiro atoms. The number of nitrogens with one attached hydrogen (secondary N) is 1. The van der Waals surface area contributed by atoms with Crippen LogP contribution in [0.25, 0.3) is 16.6 Å². The number of aldehydes is 2. The van der Waals surface area contributed by atoms with Gasteiger partial charge in [-0.25, -0.2) is 4.98 Å². The Kier molecular flexibility index (Phi) is 15.0. The Hall–Kier alpha value is -6.09. The summed E-state index contributed by atoms with van der Waals surface area (Å²) in [5, 5.41) is 24.7. The third-order valence-corrected chi connectivity index (χ3v) is 12.2. The van der Waals surface area contributed by atoms with Crippen LogP contribution in [0.1, 0.15) is 89.5 Å². The number of nitrogens with zero attached hydrogens (tertiary/aromatic N) is 4. The van der Waals surface area contributed by atoms with Crippen LogP contribution in [0.15, 0.2) is 65.8 Å². The molecule has 14 heteroatoms. The molecule has 0 saturated heterocycles. The standard InChI is InChI=1S/C49H59N5O9/c1-8-37-39-19-36(62-7)12-13-43(39)51-47-41(37)26-52(5)44(47)21-42(35(27-55)28-61-6)49(9-2,29-56)63-17-16-53(15-14-50-30-57)23-32-10-11-33-24-54(25-34(33)18-32)48(60)40-20-38(31(3)4)45(58)22-46(40)59/h10-13,18-22,27,29-31,58-59H,8-9,14-17,23-26,28H2,1-7H3,(H,50,57)/b42-35-,44-21-. The van der Waals surface area contributed by atoms with Crippen LogP contribution in [0.3, 0.4) is 0 Å². The number of methoxy groups -OCH3 is 2. The Bertz CT molecular complexity index is 2430. The van der Waals surface area contributed by atoms with Crippen molar-refractivity contribution in [3.63, 3.8) is 0 Å². The second-order valence-electron chi connectivity index (χ2n) is 16.4. The van der Waals surface area contributed by atoms with E-state index in [2.05, 4.69) is 28.1 Å². The minimum Gasteiger partial charge on any atom is -0.508 e. The normalized spacial score (nSPS) is 15.4. The number of ether oxygens (including phenoxy) is 3. The largest absolute Gasteiger partial charge is 0.508 e. The second-order valence-corrected chi connectivity index (χ2v) is 16.4. The van der Waals surface area contributed by atoms with E-state index in [0.29, 0.717) is 63.4 Å². The fourth-order valence-corrected chi connectivity index (χ4v) is 8.70. The minimum absolute atomic E-state index is 0.0385. The van der Waals surface area contributed by atoms with Crippen molar-refractivity contribution in [2.24, 2.45) is 0 Å². The van der Waals surface area contributed by atoms with Gasteiger partial charge in [0, 0.05) is 88.1 Å².